The number of benzene rings is 1. The van der Waals surface area contributed by atoms with Crippen LogP contribution in [-0.4, -0.2) is 65.3 Å². The lowest BCUT2D eigenvalue weighted by molar-refractivity contribution is -0.132. The zero-order chi connectivity index (χ0) is 24.1. The van der Waals surface area contributed by atoms with Gasteiger partial charge in [0.05, 0.1) is 5.54 Å². The third-order valence-corrected chi connectivity index (χ3v) is 6.57. The number of hydrogen-bond donors (Lipinski definition) is 2. The van der Waals surface area contributed by atoms with Crippen LogP contribution in [0.2, 0.25) is 0 Å². The average molecular weight is 461 g/mol. The van der Waals surface area contributed by atoms with Crippen LogP contribution in [0.15, 0.2) is 35.3 Å². The maximum atomic E-state index is 12.5. The molecule has 1 aliphatic rings. The van der Waals surface area contributed by atoms with Crippen LogP contribution in [0, 0.1) is 5.92 Å². The summed E-state index contributed by atoms with van der Waals surface area (Å²) in [6.45, 7) is 8.58. The van der Waals surface area contributed by atoms with Gasteiger partial charge in [-0.15, -0.1) is 0 Å². The highest BCUT2D eigenvalue weighted by Gasteiger charge is 2.28. The number of guanidine groups is 1. The Hall–Kier alpha value is -2.28. The maximum absolute atomic E-state index is 12.5. The third-order valence-electron chi connectivity index (χ3n) is 6.57. The fourth-order valence-electron chi connectivity index (χ4n) is 4.34. The van der Waals surface area contributed by atoms with E-state index < -0.39 is 0 Å². The van der Waals surface area contributed by atoms with E-state index in [1.54, 1.807) is 4.90 Å². The largest absolute Gasteiger partial charge is 0.484 e. The van der Waals surface area contributed by atoms with Crippen molar-refractivity contribution in [3.63, 3.8) is 0 Å². The van der Waals surface area contributed by atoms with Gasteiger partial charge < -0.3 is 25.4 Å². The number of carbonyl (C=O) groups excluding carboxylic acids is 1. The molecule has 1 saturated heterocycles. The van der Waals surface area contributed by atoms with Gasteiger partial charge in [0.2, 0.25) is 0 Å². The zero-order valence-electron chi connectivity index (χ0n) is 20.8. The molecule has 1 amide bonds. The molecule has 2 rings (SSSR count). The molecule has 1 aliphatic heterocycles. The minimum atomic E-state index is -0.182. The Morgan fingerprint density at radius 2 is 1.91 bits per heavy atom. The van der Waals surface area contributed by atoms with Crippen molar-refractivity contribution in [2.24, 2.45) is 16.6 Å². The fourth-order valence-corrected chi connectivity index (χ4v) is 4.34. The second kappa shape index (κ2) is 14.1. The highest BCUT2D eigenvalue weighted by molar-refractivity contribution is 5.78. The van der Waals surface area contributed by atoms with Crippen molar-refractivity contribution in [3.8, 4) is 5.75 Å². The third kappa shape index (κ3) is 9.24. The predicted octanol–water partition coefficient (Wildman–Crippen LogP) is 4.01. The molecular weight excluding hydrogens is 416 g/mol. The number of para-hydroxylation sites is 1. The Kier molecular flexibility index (Phi) is 11.5. The molecule has 186 valence electrons. The quantitative estimate of drug-likeness (QED) is 0.249. The molecule has 3 N–H and O–H groups in total. The van der Waals surface area contributed by atoms with Gasteiger partial charge in [-0.05, 0) is 50.7 Å². The normalized spacial score (nSPS) is 16.8. The van der Waals surface area contributed by atoms with Crippen molar-refractivity contribution in [2.45, 2.75) is 77.7 Å². The number of rotatable bonds is 14. The maximum Gasteiger partial charge on any atom is 0.260 e. The van der Waals surface area contributed by atoms with Crippen molar-refractivity contribution >= 4 is 11.9 Å². The number of nitrogens with two attached hydrogens (primary N) is 1. The first-order chi connectivity index (χ1) is 15.9. The van der Waals surface area contributed by atoms with E-state index in [-0.39, 0.29) is 24.8 Å². The van der Waals surface area contributed by atoms with E-state index in [9.17, 15) is 9.90 Å². The Bertz CT molecular complexity index is 718. The SMILES string of the molecule is CCCCC(C)(CCCC)N=C(N)N(CO)CCC1CCN(C(=O)COc2ccccc2)C1. The standard InChI is InChI=1S/C26H44N4O3/c1-4-6-15-26(3,16-7-5-2)28-25(27)30(21-31)18-14-22-13-17-29(19-22)24(32)20-33-23-11-9-8-10-12-23/h8-12,22,31H,4-7,13-21H2,1-3H3,(H2,27,28). The van der Waals surface area contributed by atoms with Crippen LogP contribution in [0.25, 0.3) is 0 Å². The lowest BCUT2D eigenvalue weighted by Crippen LogP contribution is -2.42. The van der Waals surface area contributed by atoms with Crippen LogP contribution in [-0.2, 0) is 4.79 Å². The summed E-state index contributed by atoms with van der Waals surface area (Å²) in [5.41, 5.74) is 6.17. The summed E-state index contributed by atoms with van der Waals surface area (Å²) < 4.78 is 5.60. The highest BCUT2D eigenvalue weighted by Crippen LogP contribution is 2.26. The Labute approximate surface area is 200 Å². The number of aliphatic hydroxyl groups excluding tert-OH is 1. The van der Waals surface area contributed by atoms with E-state index in [1.165, 1.54) is 0 Å². The van der Waals surface area contributed by atoms with Gasteiger partial charge in [-0.25, -0.2) is 4.99 Å². The first kappa shape index (κ1) is 27.0. The zero-order valence-corrected chi connectivity index (χ0v) is 20.8. The van der Waals surface area contributed by atoms with Crippen LogP contribution in [0.3, 0.4) is 0 Å². The van der Waals surface area contributed by atoms with Crippen molar-refractivity contribution < 1.29 is 14.6 Å². The summed E-state index contributed by atoms with van der Waals surface area (Å²) >= 11 is 0. The number of nitrogens with zero attached hydrogens (tertiary/aromatic N) is 3. The van der Waals surface area contributed by atoms with Gasteiger partial charge in [0.25, 0.3) is 5.91 Å². The summed E-state index contributed by atoms with van der Waals surface area (Å²) in [6.07, 6.45) is 8.34. The van der Waals surface area contributed by atoms with Crippen LogP contribution in [0.4, 0.5) is 0 Å². The van der Waals surface area contributed by atoms with Crippen LogP contribution < -0.4 is 10.5 Å². The molecule has 0 spiro atoms. The number of hydrogen-bond acceptors (Lipinski definition) is 4. The fraction of sp³-hybridized carbons (Fsp3) is 0.692. The number of aliphatic hydroxyl groups is 1. The first-order valence-corrected chi connectivity index (χ1v) is 12.6. The number of ether oxygens (including phenoxy) is 1. The van der Waals surface area contributed by atoms with Crippen molar-refractivity contribution in [1.29, 1.82) is 0 Å². The molecule has 1 heterocycles. The molecule has 0 bridgehead atoms. The van der Waals surface area contributed by atoms with E-state index in [0.29, 0.717) is 24.2 Å². The molecule has 7 nitrogen and oxygen atoms in total. The molecule has 0 radical (unpaired) electrons. The number of amides is 1. The summed E-state index contributed by atoms with van der Waals surface area (Å²) in [4.78, 5) is 21.0. The summed E-state index contributed by atoms with van der Waals surface area (Å²) in [6, 6.07) is 9.41. The molecule has 0 aromatic heterocycles. The van der Waals surface area contributed by atoms with Gasteiger partial charge in [-0.1, -0.05) is 57.7 Å². The number of likely N-dealkylation sites (tertiary alicyclic amines) is 1. The molecule has 1 atom stereocenters. The van der Waals surface area contributed by atoms with Gasteiger partial charge >= 0.3 is 0 Å². The van der Waals surface area contributed by atoms with Crippen molar-refractivity contribution in [3.05, 3.63) is 30.3 Å². The smallest absolute Gasteiger partial charge is 0.260 e. The van der Waals surface area contributed by atoms with Crippen molar-refractivity contribution in [1.82, 2.24) is 9.80 Å². The summed E-state index contributed by atoms with van der Waals surface area (Å²) in [5.74, 6) is 1.54. The van der Waals surface area contributed by atoms with Crippen LogP contribution >= 0.6 is 0 Å². The molecular formula is C26H44N4O3. The van der Waals surface area contributed by atoms with Crippen LogP contribution in [0.1, 0.15) is 72.1 Å². The second-order valence-electron chi connectivity index (χ2n) is 9.46. The second-order valence-corrected chi connectivity index (χ2v) is 9.46. The number of unbranched alkanes of at least 4 members (excludes halogenated alkanes) is 2. The van der Waals surface area contributed by atoms with Crippen molar-refractivity contribution in [2.75, 3.05) is 33.0 Å². The van der Waals surface area contributed by atoms with Gasteiger partial charge in [0.1, 0.15) is 12.5 Å². The molecule has 33 heavy (non-hydrogen) atoms. The monoisotopic (exact) mass is 460 g/mol. The highest BCUT2D eigenvalue weighted by atomic mass is 16.5. The molecule has 0 saturated carbocycles. The van der Waals surface area contributed by atoms with Gasteiger partial charge in [-0.2, -0.15) is 0 Å². The Morgan fingerprint density at radius 1 is 1.24 bits per heavy atom. The van der Waals surface area contributed by atoms with E-state index in [1.807, 2.05) is 35.2 Å². The minimum absolute atomic E-state index is 0.0176. The van der Waals surface area contributed by atoms with E-state index >= 15 is 0 Å². The van der Waals surface area contributed by atoms with E-state index in [0.717, 1.165) is 64.5 Å². The molecule has 1 aromatic rings. The lowest BCUT2D eigenvalue weighted by Gasteiger charge is -2.29. The molecule has 0 aliphatic carbocycles. The van der Waals surface area contributed by atoms with E-state index in [2.05, 4.69) is 20.8 Å². The molecule has 1 fully saturated rings. The molecule has 1 unspecified atom stereocenters. The topological polar surface area (TPSA) is 91.4 Å². The van der Waals surface area contributed by atoms with Gasteiger partial charge in [0.15, 0.2) is 12.6 Å². The summed E-state index contributed by atoms with van der Waals surface area (Å²) in [5, 5.41) is 9.92. The number of aliphatic imine (C=N–C) groups is 1. The molecule has 1 aromatic carbocycles. The number of carbonyl (C=O) groups is 1. The minimum Gasteiger partial charge on any atom is -0.484 e. The van der Waals surface area contributed by atoms with E-state index in [4.69, 9.17) is 15.5 Å². The molecule has 7 heteroatoms. The van der Waals surface area contributed by atoms with Gasteiger partial charge in [-0.3, -0.25) is 4.79 Å². The Morgan fingerprint density at radius 3 is 2.52 bits per heavy atom. The first-order valence-electron chi connectivity index (χ1n) is 12.6. The Balaban J connectivity index is 1.83. The lowest BCUT2D eigenvalue weighted by atomic mass is 9.90. The van der Waals surface area contributed by atoms with Gasteiger partial charge in [0, 0.05) is 19.6 Å². The van der Waals surface area contributed by atoms with Crippen LogP contribution in [0.5, 0.6) is 5.75 Å². The summed E-state index contributed by atoms with van der Waals surface area (Å²) in [7, 11) is 0. The average Bonchev–Trinajstić information content (AvgIpc) is 3.30. The predicted molar refractivity (Wildman–Crippen MR) is 134 cm³/mol.